The summed E-state index contributed by atoms with van der Waals surface area (Å²) in [5.74, 6) is 0.830. The molecule has 0 N–H and O–H groups in total. The molecule has 1 fully saturated rings. The second-order valence-corrected chi connectivity index (χ2v) is 7.39. The van der Waals surface area contributed by atoms with Gasteiger partial charge in [-0.05, 0) is 36.0 Å². The van der Waals surface area contributed by atoms with E-state index in [1.165, 1.54) is 0 Å². The van der Waals surface area contributed by atoms with E-state index in [9.17, 15) is 4.79 Å². The van der Waals surface area contributed by atoms with Gasteiger partial charge in [-0.25, -0.2) is 5.01 Å². The number of thiophene rings is 1. The molecule has 0 saturated carbocycles. The van der Waals surface area contributed by atoms with Gasteiger partial charge in [0.05, 0.1) is 18.5 Å². The Kier molecular flexibility index (Phi) is 4.70. The van der Waals surface area contributed by atoms with E-state index < -0.39 is 0 Å². The van der Waals surface area contributed by atoms with Crippen molar-refractivity contribution in [2.45, 2.75) is 12.5 Å². The first-order chi connectivity index (χ1) is 12.2. The summed E-state index contributed by atoms with van der Waals surface area (Å²) in [6, 6.07) is 5.69. The molecule has 4 heterocycles. The highest BCUT2D eigenvalue weighted by Gasteiger charge is 2.35. The molecule has 0 bridgehead atoms. The predicted octanol–water partition coefficient (Wildman–Crippen LogP) is 2.27. The third-order valence-electron chi connectivity index (χ3n) is 4.85. The number of piperazine rings is 1. The van der Waals surface area contributed by atoms with E-state index in [2.05, 4.69) is 33.4 Å². The fourth-order valence-electron chi connectivity index (χ4n) is 3.32. The lowest BCUT2D eigenvalue weighted by molar-refractivity contribution is -0.135. The van der Waals surface area contributed by atoms with Crippen LogP contribution in [0, 0.1) is 0 Å². The molecule has 1 saturated heterocycles. The molecule has 0 spiro atoms. The Morgan fingerprint density at radius 2 is 2.16 bits per heavy atom. The van der Waals surface area contributed by atoms with Gasteiger partial charge in [-0.3, -0.25) is 9.69 Å². The predicted molar refractivity (Wildman–Crippen MR) is 97.7 cm³/mol. The van der Waals surface area contributed by atoms with Crippen molar-refractivity contribution in [3.05, 3.63) is 46.5 Å². The lowest BCUT2D eigenvalue weighted by Crippen LogP contribution is -2.48. The third-order valence-corrected chi connectivity index (χ3v) is 5.53. The number of furan rings is 1. The maximum atomic E-state index is 12.9. The average molecular weight is 358 g/mol. The Balaban J connectivity index is 1.52. The number of nitrogens with zero attached hydrogens (tertiary/aromatic N) is 4. The van der Waals surface area contributed by atoms with E-state index in [0.717, 1.165) is 43.2 Å². The van der Waals surface area contributed by atoms with E-state index in [0.29, 0.717) is 13.0 Å². The number of hydrogen-bond acceptors (Lipinski definition) is 6. The number of amides is 1. The van der Waals surface area contributed by atoms with Gasteiger partial charge in [0, 0.05) is 38.2 Å². The Bertz CT molecular complexity index is 733. The maximum Gasteiger partial charge on any atom is 0.257 e. The van der Waals surface area contributed by atoms with Crippen LogP contribution in [0.25, 0.3) is 0 Å². The summed E-state index contributed by atoms with van der Waals surface area (Å²) in [7, 11) is 2.12. The van der Waals surface area contributed by atoms with Crippen LogP contribution in [-0.2, 0) is 4.79 Å². The molecule has 1 amide bonds. The van der Waals surface area contributed by atoms with Crippen LogP contribution in [-0.4, -0.2) is 66.2 Å². The minimum absolute atomic E-state index is 0.0381. The molecule has 4 rings (SSSR count). The molecule has 25 heavy (non-hydrogen) atoms. The van der Waals surface area contributed by atoms with Gasteiger partial charge in [0.1, 0.15) is 11.8 Å². The van der Waals surface area contributed by atoms with E-state index in [1.54, 1.807) is 22.6 Å². The van der Waals surface area contributed by atoms with E-state index >= 15 is 0 Å². The number of hydrogen-bond donors (Lipinski definition) is 0. The van der Waals surface area contributed by atoms with Gasteiger partial charge in [0.25, 0.3) is 5.91 Å². The standard InChI is InChI=1S/C18H22N4O2S/c1-20-5-7-21(8-6-20)12-18(23)22-16(17-3-2-9-24-17)11-15(19-22)14-4-10-25-13-14/h2-4,9-10,13,16H,5-8,11-12H2,1H3. The molecule has 7 heteroatoms. The molecule has 0 radical (unpaired) electrons. The normalized spacial score (nSPS) is 22.4. The lowest BCUT2D eigenvalue weighted by atomic mass is 10.1. The topological polar surface area (TPSA) is 52.3 Å². The highest BCUT2D eigenvalue weighted by Crippen LogP contribution is 2.33. The fourth-order valence-corrected chi connectivity index (χ4v) is 3.98. The van der Waals surface area contributed by atoms with Crippen LogP contribution in [0.5, 0.6) is 0 Å². The molecule has 2 aromatic rings. The number of likely N-dealkylation sites (N-methyl/N-ethyl adjacent to an activating group) is 1. The van der Waals surface area contributed by atoms with Gasteiger partial charge in [-0.2, -0.15) is 16.4 Å². The van der Waals surface area contributed by atoms with Crippen LogP contribution in [0.2, 0.25) is 0 Å². The van der Waals surface area contributed by atoms with Crippen molar-refractivity contribution in [3.63, 3.8) is 0 Å². The molecule has 0 aromatic carbocycles. The van der Waals surface area contributed by atoms with Crippen molar-refractivity contribution >= 4 is 23.0 Å². The van der Waals surface area contributed by atoms with Crippen LogP contribution in [0.15, 0.2) is 44.7 Å². The highest BCUT2D eigenvalue weighted by atomic mass is 32.1. The Morgan fingerprint density at radius 3 is 2.84 bits per heavy atom. The van der Waals surface area contributed by atoms with Gasteiger partial charge in [0.15, 0.2) is 0 Å². The molecular formula is C18H22N4O2S. The third kappa shape index (κ3) is 3.53. The summed E-state index contributed by atoms with van der Waals surface area (Å²) < 4.78 is 5.58. The van der Waals surface area contributed by atoms with E-state index in [-0.39, 0.29) is 11.9 Å². The number of carbonyl (C=O) groups is 1. The first-order valence-corrected chi connectivity index (χ1v) is 9.51. The van der Waals surface area contributed by atoms with Crippen molar-refractivity contribution in [1.82, 2.24) is 14.8 Å². The summed E-state index contributed by atoms with van der Waals surface area (Å²) in [6.07, 6.45) is 2.35. The SMILES string of the molecule is CN1CCN(CC(=O)N2N=C(c3ccsc3)CC2c2ccco2)CC1. The maximum absolute atomic E-state index is 12.9. The molecule has 132 valence electrons. The molecule has 2 aliphatic rings. The number of rotatable bonds is 4. The van der Waals surface area contributed by atoms with Crippen molar-refractivity contribution in [2.24, 2.45) is 5.10 Å². The Morgan fingerprint density at radius 1 is 1.32 bits per heavy atom. The molecule has 0 aliphatic carbocycles. The monoisotopic (exact) mass is 358 g/mol. The molecule has 2 aromatic heterocycles. The summed E-state index contributed by atoms with van der Waals surface area (Å²) in [6.45, 7) is 4.24. The van der Waals surface area contributed by atoms with Crippen molar-refractivity contribution < 1.29 is 9.21 Å². The second-order valence-electron chi connectivity index (χ2n) is 6.61. The molecule has 2 aliphatic heterocycles. The lowest BCUT2D eigenvalue weighted by Gasteiger charge is -2.32. The van der Waals surface area contributed by atoms with Crippen LogP contribution < -0.4 is 0 Å². The smallest absolute Gasteiger partial charge is 0.257 e. The molecule has 1 atom stereocenters. The quantitative estimate of drug-likeness (QED) is 0.841. The van der Waals surface area contributed by atoms with Crippen LogP contribution >= 0.6 is 11.3 Å². The molecular weight excluding hydrogens is 336 g/mol. The molecule has 1 unspecified atom stereocenters. The van der Waals surface area contributed by atoms with E-state index in [1.807, 2.05) is 17.5 Å². The van der Waals surface area contributed by atoms with Gasteiger partial charge in [0.2, 0.25) is 0 Å². The first kappa shape index (κ1) is 16.5. The average Bonchev–Trinajstić information content (AvgIpc) is 3.36. The van der Waals surface area contributed by atoms with Crippen LogP contribution in [0.4, 0.5) is 0 Å². The number of hydrazone groups is 1. The number of carbonyl (C=O) groups excluding carboxylic acids is 1. The van der Waals surface area contributed by atoms with Crippen LogP contribution in [0.3, 0.4) is 0 Å². The molecule has 6 nitrogen and oxygen atoms in total. The van der Waals surface area contributed by atoms with Gasteiger partial charge in [-0.1, -0.05) is 0 Å². The van der Waals surface area contributed by atoms with Gasteiger partial charge >= 0.3 is 0 Å². The van der Waals surface area contributed by atoms with Crippen molar-refractivity contribution in [1.29, 1.82) is 0 Å². The van der Waals surface area contributed by atoms with Crippen molar-refractivity contribution in [3.8, 4) is 0 Å². The summed E-state index contributed by atoms with van der Waals surface area (Å²) in [5, 5.41) is 10.4. The highest BCUT2D eigenvalue weighted by molar-refractivity contribution is 7.08. The zero-order chi connectivity index (χ0) is 17.2. The summed E-state index contributed by atoms with van der Waals surface area (Å²) in [4.78, 5) is 17.4. The van der Waals surface area contributed by atoms with Gasteiger partial charge < -0.3 is 9.32 Å². The minimum atomic E-state index is -0.148. The Labute approximate surface area is 151 Å². The van der Waals surface area contributed by atoms with Gasteiger partial charge in [-0.15, -0.1) is 0 Å². The summed E-state index contributed by atoms with van der Waals surface area (Å²) >= 11 is 1.64. The van der Waals surface area contributed by atoms with Crippen LogP contribution in [0.1, 0.15) is 23.8 Å². The zero-order valence-corrected chi connectivity index (χ0v) is 15.1. The second kappa shape index (κ2) is 7.11. The fraction of sp³-hybridized carbons (Fsp3) is 0.444. The largest absolute Gasteiger partial charge is 0.467 e. The minimum Gasteiger partial charge on any atom is -0.467 e. The van der Waals surface area contributed by atoms with Crippen molar-refractivity contribution in [2.75, 3.05) is 39.8 Å². The van der Waals surface area contributed by atoms with E-state index in [4.69, 9.17) is 4.42 Å². The Hall–Kier alpha value is -1.96. The summed E-state index contributed by atoms with van der Waals surface area (Å²) in [5.41, 5.74) is 2.05. The first-order valence-electron chi connectivity index (χ1n) is 8.57. The zero-order valence-electron chi connectivity index (χ0n) is 14.3.